The normalized spacial score (nSPS) is 10.2. The fraction of sp³-hybridized carbons (Fsp3) is 0.250. The Balaban J connectivity index is 2.03. The quantitative estimate of drug-likeness (QED) is 0.863. The van der Waals surface area contributed by atoms with E-state index in [4.69, 9.17) is 9.47 Å². The minimum Gasteiger partial charge on any atom is -0.496 e. The highest BCUT2D eigenvalue weighted by Crippen LogP contribution is 2.20. The molecule has 3 heteroatoms. The summed E-state index contributed by atoms with van der Waals surface area (Å²) < 4.78 is 11.1. The molecule has 0 aliphatic carbocycles. The van der Waals surface area contributed by atoms with Gasteiger partial charge in [-0.15, -0.1) is 0 Å². The van der Waals surface area contributed by atoms with Gasteiger partial charge in [-0.3, -0.25) is 0 Å². The highest BCUT2D eigenvalue weighted by molar-refractivity contribution is 5.34. The molecule has 3 nitrogen and oxygen atoms in total. The van der Waals surface area contributed by atoms with Crippen LogP contribution in [0.2, 0.25) is 0 Å². The number of hydrogen-bond donors (Lipinski definition) is 1. The van der Waals surface area contributed by atoms with E-state index < -0.39 is 0 Å². The van der Waals surface area contributed by atoms with Gasteiger partial charge in [0, 0.05) is 12.1 Å². The van der Waals surface area contributed by atoms with Crippen molar-refractivity contribution >= 4 is 0 Å². The van der Waals surface area contributed by atoms with Crippen LogP contribution in [0, 0.1) is 0 Å². The zero-order chi connectivity index (χ0) is 13.5. The lowest BCUT2D eigenvalue weighted by atomic mass is 10.2. The van der Waals surface area contributed by atoms with Gasteiger partial charge in [0.25, 0.3) is 0 Å². The molecule has 0 spiro atoms. The lowest BCUT2D eigenvalue weighted by molar-refractivity contribution is 0.296. The summed E-state index contributed by atoms with van der Waals surface area (Å²) >= 11 is 0. The van der Waals surface area contributed by atoms with E-state index in [1.165, 1.54) is 5.56 Å². The summed E-state index contributed by atoms with van der Waals surface area (Å²) in [4.78, 5) is 0. The van der Waals surface area contributed by atoms with E-state index in [2.05, 4.69) is 11.4 Å². The topological polar surface area (TPSA) is 30.5 Å². The summed E-state index contributed by atoms with van der Waals surface area (Å²) in [6, 6.07) is 16.0. The molecular formula is C16H19NO2. The molecule has 2 aromatic carbocycles. The molecule has 2 aromatic rings. The zero-order valence-electron chi connectivity index (χ0n) is 11.3. The van der Waals surface area contributed by atoms with Crippen molar-refractivity contribution in [2.75, 3.05) is 14.2 Å². The van der Waals surface area contributed by atoms with Gasteiger partial charge in [0.2, 0.25) is 0 Å². The standard InChI is InChI=1S/C16H19NO2/c1-17-11-13-6-5-8-15(10-13)19-12-14-7-3-4-9-16(14)18-2/h3-10,17H,11-12H2,1-2H3. The molecule has 0 unspecified atom stereocenters. The van der Waals surface area contributed by atoms with Crippen molar-refractivity contribution in [3.05, 3.63) is 59.7 Å². The molecule has 19 heavy (non-hydrogen) atoms. The molecule has 0 fully saturated rings. The van der Waals surface area contributed by atoms with Crippen molar-refractivity contribution in [2.45, 2.75) is 13.2 Å². The number of nitrogens with one attached hydrogen (secondary N) is 1. The van der Waals surface area contributed by atoms with Crippen LogP contribution in [-0.4, -0.2) is 14.2 Å². The molecule has 0 aliphatic rings. The molecule has 0 heterocycles. The summed E-state index contributed by atoms with van der Waals surface area (Å²) in [6.45, 7) is 1.35. The van der Waals surface area contributed by atoms with E-state index in [-0.39, 0.29) is 0 Å². The minimum absolute atomic E-state index is 0.507. The van der Waals surface area contributed by atoms with Gasteiger partial charge in [0.05, 0.1) is 7.11 Å². The molecule has 0 aromatic heterocycles. The number of para-hydroxylation sites is 1. The van der Waals surface area contributed by atoms with E-state index in [0.717, 1.165) is 23.6 Å². The van der Waals surface area contributed by atoms with Crippen molar-refractivity contribution in [3.8, 4) is 11.5 Å². The molecule has 1 N–H and O–H groups in total. The second kappa shape index (κ2) is 6.81. The van der Waals surface area contributed by atoms with E-state index in [9.17, 15) is 0 Å². The number of benzene rings is 2. The Hall–Kier alpha value is -2.00. The largest absolute Gasteiger partial charge is 0.496 e. The zero-order valence-corrected chi connectivity index (χ0v) is 11.3. The first-order chi connectivity index (χ1) is 9.33. The lowest BCUT2D eigenvalue weighted by Crippen LogP contribution is -2.05. The van der Waals surface area contributed by atoms with Crippen molar-refractivity contribution in [1.29, 1.82) is 0 Å². The van der Waals surface area contributed by atoms with Gasteiger partial charge in [-0.1, -0.05) is 30.3 Å². The molecule has 0 saturated carbocycles. The van der Waals surface area contributed by atoms with Crippen LogP contribution in [0.3, 0.4) is 0 Å². The first-order valence-corrected chi connectivity index (χ1v) is 6.31. The summed E-state index contributed by atoms with van der Waals surface area (Å²) in [5, 5.41) is 3.13. The molecular weight excluding hydrogens is 238 g/mol. The van der Waals surface area contributed by atoms with Crippen molar-refractivity contribution in [2.24, 2.45) is 0 Å². The highest BCUT2D eigenvalue weighted by atomic mass is 16.5. The Morgan fingerprint density at radius 2 is 1.89 bits per heavy atom. The Kier molecular flexibility index (Phi) is 4.81. The van der Waals surface area contributed by atoms with Gasteiger partial charge >= 0.3 is 0 Å². The van der Waals surface area contributed by atoms with Crippen LogP contribution in [0.5, 0.6) is 11.5 Å². The van der Waals surface area contributed by atoms with Crippen LogP contribution in [0.15, 0.2) is 48.5 Å². The Labute approximate surface area is 114 Å². The van der Waals surface area contributed by atoms with Crippen LogP contribution in [0.4, 0.5) is 0 Å². The van der Waals surface area contributed by atoms with Crippen molar-refractivity contribution in [3.63, 3.8) is 0 Å². The maximum Gasteiger partial charge on any atom is 0.125 e. The van der Waals surface area contributed by atoms with Crippen LogP contribution in [0.1, 0.15) is 11.1 Å². The first kappa shape index (κ1) is 13.4. The van der Waals surface area contributed by atoms with Gasteiger partial charge in [0.1, 0.15) is 18.1 Å². The molecule has 0 radical (unpaired) electrons. The second-order valence-corrected chi connectivity index (χ2v) is 4.28. The van der Waals surface area contributed by atoms with Crippen molar-refractivity contribution in [1.82, 2.24) is 5.32 Å². The molecule has 2 rings (SSSR count). The SMILES string of the molecule is CNCc1cccc(OCc2ccccc2OC)c1. The van der Waals surface area contributed by atoms with E-state index >= 15 is 0 Å². The van der Waals surface area contributed by atoms with E-state index in [1.807, 2.05) is 49.5 Å². The van der Waals surface area contributed by atoms with Gasteiger partial charge in [-0.2, -0.15) is 0 Å². The maximum atomic E-state index is 5.81. The molecule has 0 amide bonds. The molecule has 0 aliphatic heterocycles. The molecule has 0 bridgehead atoms. The average molecular weight is 257 g/mol. The van der Waals surface area contributed by atoms with Gasteiger partial charge in [0.15, 0.2) is 0 Å². The maximum absolute atomic E-state index is 5.81. The fourth-order valence-electron chi connectivity index (χ4n) is 1.93. The summed E-state index contributed by atoms with van der Waals surface area (Å²) in [6.07, 6.45) is 0. The van der Waals surface area contributed by atoms with Gasteiger partial charge in [-0.05, 0) is 30.8 Å². The number of ether oxygens (including phenoxy) is 2. The number of methoxy groups -OCH3 is 1. The third-order valence-corrected chi connectivity index (χ3v) is 2.87. The third kappa shape index (κ3) is 3.73. The number of rotatable bonds is 6. The predicted octanol–water partition coefficient (Wildman–Crippen LogP) is 2.99. The predicted molar refractivity (Wildman–Crippen MR) is 76.5 cm³/mol. The van der Waals surface area contributed by atoms with E-state index in [1.54, 1.807) is 7.11 Å². The summed E-state index contributed by atoms with van der Waals surface area (Å²) in [5.74, 6) is 1.73. The average Bonchev–Trinajstić information content (AvgIpc) is 2.46. The first-order valence-electron chi connectivity index (χ1n) is 6.31. The van der Waals surface area contributed by atoms with E-state index in [0.29, 0.717) is 6.61 Å². The molecule has 100 valence electrons. The van der Waals surface area contributed by atoms with Crippen LogP contribution < -0.4 is 14.8 Å². The summed E-state index contributed by atoms with van der Waals surface area (Å²) in [5.41, 5.74) is 2.25. The number of hydrogen-bond acceptors (Lipinski definition) is 3. The highest BCUT2D eigenvalue weighted by Gasteiger charge is 2.03. The monoisotopic (exact) mass is 257 g/mol. The second-order valence-electron chi connectivity index (χ2n) is 4.28. The molecule has 0 atom stereocenters. The summed E-state index contributed by atoms with van der Waals surface area (Å²) in [7, 11) is 3.61. The Morgan fingerprint density at radius 1 is 1.05 bits per heavy atom. The van der Waals surface area contributed by atoms with Crippen molar-refractivity contribution < 1.29 is 9.47 Å². The fourth-order valence-corrected chi connectivity index (χ4v) is 1.93. The molecule has 0 saturated heterocycles. The minimum atomic E-state index is 0.507. The van der Waals surface area contributed by atoms with Crippen LogP contribution in [0.25, 0.3) is 0 Å². The van der Waals surface area contributed by atoms with Gasteiger partial charge < -0.3 is 14.8 Å². The Bertz CT molecular complexity index is 526. The van der Waals surface area contributed by atoms with Crippen LogP contribution in [-0.2, 0) is 13.2 Å². The Morgan fingerprint density at radius 3 is 2.68 bits per heavy atom. The lowest BCUT2D eigenvalue weighted by Gasteiger charge is -2.11. The van der Waals surface area contributed by atoms with Gasteiger partial charge in [-0.25, -0.2) is 0 Å². The van der Waals surface area contributed by atoms with Crippen LogP contribution >= 0.6 is 0 Å². The smallest absolute Gasteiger partial charge is 0.125 e. The third-order valence-electron chi connectivity index (χ3n) is 2.87.